The van der Waals surface area contributed by atoms with Crippen molar-refractivity contribution >= 4 is 28.9 Å². The van der Waals surface area contributed by atoms with Gasteiger partial charge in [0.1, 0.15) is 5.82 Å². The summed E-state index contributed by atoms with van der Waals surface area (Å²) in [6, 6.07) is 6.74. The van der Waals surface area contributed by atoms with Crippen LogP contribution < -0.4 is 10.6 Å². The minimum absolute atomic E-state index is 0.189. The smallest absolute Gasteiger partial charge is 0.256 e. The molecule has 2 N–H and O–H groups in total. The number of hydrogen-bond acceptors (Lipinski definition) is 2. The van der Waals surface area contributed by atoms with Crippen molar-refractivity contribution in [1.82, 2.24) is 0 Å². The highest BCUT2D eigenvalue weighted by atomic mass is 35.5. The van der Waals surface area contributed by atoms with E-state index >= 15 is 0 Å². The molecule has 21 heavy (non-hydrogen) atoms. The van der Waals surface area contributed by atoms with Crippen molar-refractivity contribution in [3.8, 4) is 0 Å². The van der Waals surface area contributed by atoms with E-state index in [1.165, 1.54) is 0 Å². The molecule has 0 saturated heterocycles. The molecule has 1 amide bonds. The lowest BCUT2D eigenvalue weighted by atomic mass is 10.1. The van der Waals surface area contributed by atoms with E-state index < -0.39 is 17.5 Å². The number of carbonyl (C=O) groups is 1. The summed E-state index contributed by atoms with van der Waals surface area (Å²) in [5, 5.41) is 5.13. The second-order valence-electron chi connectivity index (χ2n) is 4.48. The molecule has 0 aliphatic carbocycles. The summed E-state index contributed by atoms with van der Waals surface area (Å²) in [6.45, 7) is 1.76. The molecule has 0 fully saturated rings. The van der Waals surface area contributed by atoms with E-state index in [-0.39, 0.29) is 10.7 Å². The topological polar surface area (TPSA) is 41.1 Å². The third-order valence-corrected chi connectivity index (χ3v) is 3.30. The van der Waals surface area contributed by atoms with Crippen molar-refractivity contribution in [2.45, 2.75) is 6.92 Å². The molecule has 0 bridgehead atoms. The Hall–Kier alpha value is -2.14. The van der Waals surface area contributed by atoms with Crippen LogP contribution in [0.3, 0.4) is 0 Å². The molecule has 0 heterocycles. The number of halogens is 3. The average molecular weight is 311 g/mol. The van der Waals surface area contributed by atoms with Gasteiger partial charge in [-0.25, -0.2) is 8.78 Å². The molecule has 0 unspecified atom stereocenters. The van der Waals surface area contributed by atoms with Gasteiger partial charge in [-0.3, -0.25) is 4.79 Å². The van der Waals surface area contributed by atoms with Crippen LogP contribution in [0.2, 0.25) is 5.02 Å². The Morgan fingerprint density at radius 3 is 2.48 bits per heavy atom. The lowest BCUT2D eigenvalue weighted by molar-refractivity contribution is 0.102. The van der Waals surface area contributed by atoms with E-state index in [0.29, 0.717) is 11.6 Å². The van der Waals surface area contributed by atoms with Crippen LogP contribution in [-0.4, -0.2) is 13.0 Å². The van der Waals surface area contributed by atoms with Gasteiger partial charge in [0.25, 0.3) is 5.91 Å². The summed E-state index contributed by atoms with van der Waals surface area (Å²) >= 11 is 5.75. The molecular formula is C15H13ClF2N2O. The largest absolute Gasteiger partial charge is 0.388 e. The number of rotatable bonds is 3. The zero-order chi connectivity index (χ0) is 15.6. The van der Waals surface area contributed by atoms with Crippen LogP contribution >= 0.6 is 11.6 Å². The first-order valence-electron chi connectivity index (χ1n) is 6.16. The van der Waals surface area contributed by atoms with Crippen LogP contribution in [0.15, 0.2) is 30.3 Å². The Balaban J connectivity index is 2.30. The summed E-state index contributed by atoms with van der Waals surface area (Å²) in [5.74, 6) is -2.23. The van der Waals surface area contributed by atoms with Crippen molar-refractivity contribution < 1.29 is 13.6 Å². The maximum atomic E-state index is 13.7. The Bertz CT molecular complexity index is 681. The van der Waals surface area contributed by atoms with E-state index in [1.807, 2.05) is 0 Å². The molecule has 0 aromatic heterocycles. The zero-order valence-corrected chi connectivity index (χ0v) is 12.2. The Labute approximate surface area is 125 Å². The second kappa shape index (κ2) is 6.10. The van der Waals surface area contributed by atoms with Crippen molar-refractivity contribution in [2.75, 3.05) is 17.7 Å². The van der Waals surface area contributed by atoms with Crippen molar-refractivity contribution in [1.29, 1.82) is 0 Å². The molecule has 0 aliphatic heterocycles. The van der Waals surface area contributed by atoms with Gasteiger partial charge in [-0.05, 0) is 36.8 Å². The molecule has 6 heteroatoms. The van der Waals surface area contributed by atoms with Crippen LogP contribution in [0.4, 0.5) is 20.2 Å². The summed E-state index contributed by atoms with van der Waals surface area (Å²) in [6.07, 6.45) is 0. The Kier molecular flexibility index (Phi) is 4.43. The third kappa shape index (κ3) is 3.31. The number of amides is 1. The molecule has 0 saturated carbocycles. The fraction of sp³-hybridized carbons (Fsp3) is 0.133. The number of nitrogens with one attached hydrogen (secondary N) is 2. The van der Waals surface area contributed by atoms with Crippen LogP contribution in [0.5, 0.6) is 0 Å². The van der Waals surface area contributed by atoms with Crippen LogP contribution in [-0.2, 0) is 0 Å². The molecule has 0 atom stereocenters. The Morgan fingerprint density at radius 1 is 1.19 bits per heavy atom. The van der Waals surface area contributed by atoms with Gasteiger partial charge in [0.05, 0.1) is 10.7 Å². The minimum Gasteiger partial charge on any atom is -0.388 e. The van der Waals surface area contributed by atoms with E-state index in [2.05, 4.69) is 10.6 Å². The van der Waals surface area contributed by atoms with Gasteiger partial charge in [0.2, 0.25) is 0 Å². The molecule has 3 nitrogen and oxygen atoms in total. The van der Waals surface area contributed by atoms with Gasteiger partial charge < -0.3 is 10.6 Å². The summed E-state index contributed by atoms with van der Waals surface area (Å²) in [7, 11) is 1.77. The number of carbonyl (C=O) groups excluding carboxylic acids is 1. The highest BCUT2D eigenvalue weighted by Crippen LogP contribution is 2.27. The van der Waals surface area contributed by atoms with Crippen molar-refractivity contribution in [3.63, 3.8) is 0 Å². The van der Waals surface area contributed by atoms with Crippen LogP contribution in [0, 0.1) is 18.6 Å². The lowest BCUT2D eigenvalue weighted by Crippen LogP contribution is -2.15. The van der Waals surface area contributed by atoms with Crippen molar-refractivity contribution in [2.24, 2.45) is 0 Å². The minimum atomic E-state index is -0.919. The quantitative estimate of drug-likeness (QED) is 0.891. The molecule has 0 spiro atoms. The van der Waals surface area contributed by atoms with Gasteiger partial charge in [-0.15, -0.1) is 0 Å². The molecule has 2 aromatic rings. The highest BCUT2D eigenvalue weighted by molar-refractivity contribution is 6.34. The van der Waals surface area contributed by atoms with E-state index in [1.54, 1.807) is 32.2 Å². The second-order valence-corrected chi connectivity index (χ2v) is 4.89. The SMILES string of the molecule is CNc1ccc(C(=O)Nc2c(F)cc(F)cc2Cl)c(C)c1. The summed E-state index contributed by atoms with van der Waals surface area (Å²) in [5.41, 5.74) is 1.72. The van der Waals surface area contributed by atoms with Gasteiger partial charge in [0, 0.05) is 24.4 Å². The maximum absolute atomic E-state index is 13.7. The van der Waals surface area contributed by atoms with Crippen LogP contribution in [0.25, 0.3) is 0 Å². The standard InChI is InChI=1S/C15H13ClF2N2O/c1-8-5-10(19-2)3-4-11(8)15(21)20-14-12(16)6-9(17)7-13(14)18/h3-7,19H,1-2H3,(H,20,21). The number of anilines is 2. The summed E-state index contributed by atoms with van der Waals surface area (Å²) < 4.78 is 26.6. The normalized spacial score (nSPS) is 10.3. The molecule has 110 valence electrons. The third-order valence-electron chi connectivity index (χ3n) is 3.01. The first-order chi connectivity index (χ1) is 9.92. The lowest BCUT2D eigenvalue weighted by Gasteiger charge is -2.11. The molecular weight excluding hydrogens is 298 g/mol. The number of aryl methyl sites for hydroxylation is 1. The highest BCUT2D eigenvalue weighted by Gasteiger charge is 2.15. The van der Waals surface area contributed by atoms with E-state index in [9.17, 15) is 13.6 Å². The van der Waals surface area contributed by atoms with E-state index in [4.69, 9.17) is 11.6 Å². The van der Waals surface area contributed by atoms with E-state index in [0.717, 1.165) is 17.3 Å². The molecule has 0 radical (unpaired) electrons. The fourth-order valence-electron chi connectivity index (χ4n) is 1.92. The monoisotopic (exact) mass is 310 g/mol. The molecule has 2 aromatic carbocycles. The van der Waals surface area contributed by atoms with Gasteiger partial charge >= 0.3 is 0 Å². The van der Waals surface area contributed by atoms with Crippen molar-refractivity contribution in [3.05, 3.63) is 58.1 Å². The first kappa shape index (κ1) is 15.3. The average Bonchev–Trinajstić information content (AvgIpc) is 2.42. The molecule has 2 rings (SSSR count). The molecule has 0 aliphatic rings. The predicted molar refractivity (Wildman–Crippen MR) is 80.0 cm³/mol. The maximum Gasteiger partial charge on any atom is 0.256 e. The zero-order valence-electron chi connectivity index (χ0n) is 11.4. The summed E-state index contributed by atoms with van der Waals surface area (Å²) in [4.78, 5) is 12.2. The van der Waals surface area contributed by atoms with Gasteiger partial charge in [-0.2, -0.15) is 0 Å². The number of benzene rings is 2. The predicted octanol–water partition coefficient (Wildman–Crippen LogP) is 4.22. The van der Waals surface area contributed by atoms with Gasteiger partial charge in [-0.1, -0.05) is 11.6 Å². The van der Waals surface area contributed by atoms with Gasteiger partial charge in [0.15, 0.2) is 5.82 Å². The fourth-order valence-corrected chi connectivity index (χ4v) is 2.16. The first-order valence-corrected chi connectivity index (χ1v) is 6.54. The number of hydrogen-bond donors (Lipinski definition) is 2. The Morgan fingerprint density at radius 2 is 1.90 bits per heavy atom. The van der Waals surface area contributed by atoms with Crippen LogP contribution in [0.1, 0.15) is 15.9 Å².